The molecule has 1 aromatic carbocycles. The van der Waals surface area contributed by atoms with Gasteiger partial charge in [-0.2, -0.15) is 0 Å². The van der Waals surface area contributed by atoms with Crippen LogP contribution in [-0.4, -0.2) is 29.3 Å². The second-order valence-corrected chi connectivity index (χ2v) is 3.60. The van der Waals surface area contributed by atoms with Crippen LogP contribution in [0.2, 0.25) is 0 Å². The molecule has 0 aliphatic heterocycles. The van der Waals surface area contributed by atoms with E-state index in [0.717, 1.165) is 5.56 Å². The van der Waals surface area contributed by atoms with Crippen LogP contribution in [0.4, 0.5) is 0 Å². The second kappa shape index (κ2) is 5.46. The van der Waals surface area contributed by atoms with Crippen molar-refractivity contribution in [2.45, 2.75) is 6.61 Å². The molecule has 0 aliphatic carbocycles. The Morgan fingerprint density at radius 3 is 2.56 bits per heavy atom. The summed E-state index contributed by atoms with van der Waals surface area (Å²) in [6, 6.07) is 7.11. The maximum absolute atomic E-state index is 9.06. The van der Waals surface area contributed by atoms with Crippen molar-refractivity contribution >= 4 is 0 Å². The molecule has 0 bridgehead atoms. The molecule has 0 fully saturated rings. The van der Waals surface area contributed by atoms with Crippen LogP contribution >= 0.6 is 0 Å². The molecule has 0 unspecified atom stereocenters. The lowest BCUT2D eigenvalue weighted by Crippen LogP contribution is -1.96. The average molecular weight is 246 g/mol. The maximum Gasteiger partial charge on any atom is 0.161 e. The Hall–Kier alpha value is -2.14. The van der Waals surface area contributed by atoms with Crippen LogP contribution in [0.25, 0.3) is 11.4 Å². The minimum Gasteiger partial charge on any atom is -0.493 e. The van der Waals surface area contributed by atoms with E-state index in [-0.39, 0.29) is 6.61 Å². The van der Waals surface area contributed by atoms with Crippen LogP contribution in [0.5, 0.6) is 11.5 Å². The van der Waals surface area contributed by atoms with Gasteiger partial charge in [0.05, 0.1) is 26.5 Å². The summed E-state index contributed by atoms with van der Waals surface area (Å²) in [5, 5.41) is 9.06. The molecule has 1 heterocycles. The summed E-state index contributed by atoms with van der Waals surface area (Å²) in [4.78, 5) is 8.40. The van der Waals surface area contributed by atoms with E-state index in [9.17, 15) is 0 Å². The molecule has 94 valence electrons. The number of aromatic nitrogens is 2. The largest absolute Gasteiger partial charge is 0.493 e. The van der Waals surface area contributed by atoms with Gasteiger partial charge in [0.25, 0.3) is 0 Å². The predicted octanol–water partition coefficient (Wildman–Crippen LogP) is 1.65. The number of rotatable bonds is 4. The number of hydrogen-bond donors (Lipinski definition) is 1. The minimum atomic E-state index is -0.108. The van der Waals surface area contributed by atoms with Gasteiger partial charge in [0.2, 0.25) is 0 Å². The highest BCUT2D eigenvalue weighted by molar-refractivity contribution is 5.61. The normalized spacial score (nSPS) is 10.2. The Bertz CT molecular complexity index is 544. The first kappa shape index (κ1) is 12.3. The summed E-state index contributed by atoms with van der Waals surface area (Å²) in [7, 11) is 3.16. The Morgan fingerprint density at radius 2 is 1.89 bits per heavy atom. The fourth-order valence-corrected chi connectivity index (χ4v) is 1.60. The summed E-state index contributed by atoms with van der Waals surface area (Å²) < 4.78 is 10.4. The molecular weight excluding hydrogens is 232 g/mol. The highest BCUT2D eigenvalue weighted by Crippen LogP contribution is 2.30. The molecule has 0 radical (unpaired) electrons. The molecule has 5 heteroatoms. The van der Waals surface area contributed by atoms with Crippen molar-refractivity contribution in [2.24, 2.45) is 0 Å². The Morgan fingerprint density at radius 1 is 1.11 bits per heavy atom. The lowest BCUT2D eigenvalue weighted by molar-refractivity contribution is 0.277. The van der Waals surface area contributed by atoms with E-state index in [1.165, 1.54) is 0 Å². The molecule has 1 N–H and O–H groups in total. The number of aliphatic hydroxyl groups is 1. The SMILES string of the molecule is COc1ccc(-c2nccc(CO)n2)cc1OC. The third-order valence-corrected chi connectivity index (χ3v) is 2.52. The molecule has 2 rings (SSSR count). The van der Waals surface area contributed by atoms with Gasteiger partial charge < -0.3 is 14.6 Å². The number of ether oxygens (including phenoxy) is 2. The highest BCUT2D eigenvalue weighted by Gasteiger charge is 2.08. The summed E-state index contributed by atoms with van der Waals surface area (Å²) >= 11 is 0. The summed E-state index contributed by atoms with van der Waals surface area (Å²) in [6.45, 7) is -0.108. The maximum atomic E-state index is 9.06. The van der Waals surface area contributed by atoms with E-state index in [2.05, 4.69) is 9.97 Å². The molecule has 0 saturated heterocycles. The van der Waals surface area contributed by atoms with Crippen molar-refractivity contribution in [3.05, 3.63) is 36.2 Å². The summed E-state index contributed by atoms with van der Waals surface area (Å²) in [5.74, 6) is 1.81. The molecule has 2 aromatic rings. The van der Waals surface area contributed by atoms with Gasteiger partial charge in [-0.05, 0) is 24.3 Å². The zero-order valence-corrected chi connectivity index (χ0v) is 10.3. The Balaban J connectivity index is 2.43. The van der Waals surface area contributed by atoms with E-state index >= 15 is 0 Å². The number of methoxy groups -OCH3 is 2. The van der Waals surface area contributed by atoms with Crippen LogP contribution in [-0.2, 0) is 6.61 Å². The standard InChI is InChI=1S/C13H14N2O3/c1-17-11-4-3-9(7-12(11)18-2)13-14-6-5-10(8-16)15-13/h3-7,16H,8H2,1-2H3. The monoisotopic (exact) mass is 246 g/mol. The van der Waals surface area contributed by atoms with E-state index < -0.39 is 0 Å². The van der Waals surface area contributed by atoms with Gasteiger partial charge >= 0.3 is 0 Å². The van der Waals surface area contributed by atoms with Gasteiger partial charge in [0.15, 0.2) is 17.3 Å². The summed E-state index contributed by atoms with van der Waals surface area (Å²) in [6.07, 6.45) is 1.62. The van der Waals surface area contributed by atoms with Crippen molar-refractivity contribution in [1.29, 1.82) is 0 Å². The van der Waals surface area contributed by atoms with Crippen LogP contribution in [0.1, 0.15) is 5.69 Å². The smallest absolute Gasteiger partial charge is 0.161 e. The third-order valence-electron chi connectivity index (χ3n) is 2.52. The van der Waals surface area contributed by atoms with Crippen molar-refractivity contribution in [3.8, 4) is 22.9 Å². The molecule has 0 amide bonds. The van der Waals surface area contributed by atoms with Crippen molar-refractivity contribution < 1.29 is 14.6 Å². The van der Waals surface area contributed by atoms with Gasteiger partial charge in [0.1, 0.15) is 0 Å². The van der Waals surface area contributed by atoms with Gasteiger partial charge in [-0.3, -0.25) is 0 Å². The van der Waals surface area contributed by atoms with Crippen LogP contribution in [0.3, 0.4) is 0 Å². The first-order valence-electron chi connectivity index (χ1n) is 5.43. The molecular formula is C13H14N2O3. The summed E-state index contributed by atoms with van der Waals surface area (Å²) in [5.41, 5.74) is 1.39. The van der Waals surface area contributed by atoms with Crippen molar-refractivity contribution in [1.82, 2.24) is 9.97 Å². The number of nitrogens with zero attached hydrogens (tertiary/aromatic N) is 2. The number of benzene rings is 1. The molecule has 0 saturated carbocycles. The van der Waals surface area contributed by atoms with E-state index in [1.54, 1.807) is 38.6 Å². The average Bonchev–Trinajstić information content (AvgIpc) is 2.46. The van der Waals surface area contributed by atoms with Gasteiger partial charge in [-0.25, -0.2) is 9.97 Å². The quantitative estimate of drug-likeness (QED) is 0.888. The van der Waals surface area contributed by atoms with Crippen LogP contribution in [0.15, 0.2) is 30.5 Å². The molecule has 0 spiro atoms. The van der Waals surface area contributed by atoms with Crippen LogP contribution in [0, 0.1) is 0 Å². The van der Waals surface area contributed by atoms with Crippen molar-refractivity contribution in [3.63, 3.8) is 0 Å². The zero-order chi connectivity index (χ0) is 13.0. The van der Waals surface area contributed by atoms with E-state index in [1.807, 2.05) is 6.07 Å². The van der Waals surface area contributed by atoms with Crippen LogP contribution < -0.4 is 9.47 Å². The second-order valence-electron chi connectivity index (χ2n) is 3.60. The molecule has 0 atom stereocenters. The number of hydrogen-bond acceptors (Lipinski definition) is 5. The van der Waals surface area contributed by atoms with Gasteiger partial charge in [-0.1, -0.05) is 0 Å². The minimum absolute atomic E-state index is 0.108. The first-order valence-corrected chi connectivity index (χ1v) is 5.43. The predicted molar refractivity (Wildman–Crippen MR) is 66.5 cm³/mol. The van der Waals surface area contributed by atoms with Gasteiger partial charge in [0, 0.05) is 11.8 Å². The van der Waals surface area contributed by atoms with E-state index in [0.29, 0.717) is 23.0 Å². The Kier molecular flexibility index (Phi) is 3.74. The third kappa shape index (κ3) is 2.41. The van der Waals surface area contributed by atoms with Crippen molar-refractivity contribution in [2.75, 3.05) is 14.2 Å². The first-order chi connectivity index (χ1) is 8.78. The Labute approximate surface area is 105 Å². The topological polar surface area (TPSA) is 64.5 Å². The fourth-order valence-electron chi connectivity index (χ4n) is 1.60. The molecule has 18 heavy (non-hydrogen) atoms. The number of aliphatic hydroxyl groups excluding tert-OH is 1. The zero-order valence-electron chi connectivity index (χ0n) is 10.3. The lowest BCUT2D eigenvalue weighted by Gasteiger charge is -2.09. The van der Waals surface area contributed by atoms with E-state index in [4.69, 9.17) is 14.6 Å². The highest BCUT2D eigenvalue weighted by atomic mass is 16.5. The lowest BCUT2D eigenvalue weighted by atomic mass is 10.2. The van der Waals surface area contributed by atoms with Gasteiger partial charge in [-0.15, -0.1) is 0 Å². The molecule has 5 nitrogen and oxygen atoms in total. The molecule has 1 aromatic heterocycles. The fraction of sp³-hybridized carbons (Fsp3) is 0.231. The molecule has 0 aliphatic rings.